The van der Waals surface area contributed by atoms with Crippen molar-refractivity contribution in [1.82, 2.24) is 0 Å². The first kappa shape index (κ1) is 16.4. The molecular weight excluding hydrogens is 280 g/mol. The van der Waals surface area contributed by atoms with E-state index in [1.807, 2.05) is 11.3 Å². The molecule has 0 aromatic carbocycles. The van der Waals surface area contributed by atoms with Crippen LogP contribution in [0.15, 0.2) is 15.7 Å². The van der Waals surface area contributed by atoms with Crippen LogP contribution in [0, 0.1) is 0 Å². The first-order chi connectivity index (χ1) is 9.90. The van der Waals surface area contributed by atoms with E-state index in [1.165, 1.54) is 77.0 Å². The maximum Gasteiger partial charge on any atom is 0.0214 e. The van der Waals surface area contributed by atoms with Gasteiger partial charge in [-0.2, -0.15) is 11.3 Å². The highest BCUT2D eigenvalue weighted by Gasteiger charge is 2.22. The second-order valence-electron chi connectivity index (χ2n) is 6.18. The first-order valence-corrected chi connectivity index (χ1v) is 10.4. The summed E-state index contributed by atoms with van der Waals surface area (Å²) in [6.45, 7) is 2.29. The topological polar surface area (TPSA) is 0 Å². The number of thiophene rings is 1. The van der Waals surface area contributed by atoms with Crippen molar-refractivity contribution in [2.45, 2.75) is 94.1 Å². The summed E-state index contributed by atoms with van der Waals surface area (Å²) in [6.07, 6.45) is 17.3. The Hall–Kier alpha value is 0.0500. The van der Waals surface area contributed by atoms with Crippen LogP contribution in [0.3, 0.4) is 0 Å². The van der Waals surface area contributed by atoms with E-state index in [1.54, 1.807) is 10.5 Å². The van der Waals surface area contributed by atoms with Crippen LogP contribution in [0.1, 0.15) is 83.1 Å². The molecule has 0 saturated heterocycles. The number of fused-ring (bicyclic) bond motifs is 1. The van der Waals surface area contributed by atoms with Crippen LogP contribution in [-0.4, -0.2) is 5.25 Å². The van der Waals surface area contributed by atoms with Crippen molar-refractivity contribution in [1.29, 1.82) is 0 Å². The molecule has 2 heteroatoms. The Morgan fingerprint density at radius 2 is 1.55 bits per heavy atom. The average Bonchev–Trinajstić information content (AvgIpc) is 3.02. The number of unbranched alkanes of at least 4 members (excludes halogenated alkanes) is 9. The normalized spacial score (nSPS) is 17.6. The second kappa shape index (κ2) is 9.89. The number of rotatable bonds is 11. The molecule has 0 spiro atoms. The van der Waals surface area contributed by atoms with Gasteiger partial charge < -0.3 is 0 Å². The Balaban J connectivity index is 1.37. The van der Waals surface area contributed by atoms with Gasteiger partial charge in [-0.25, -0.2) is 0 Å². The van der Waals surface area contributed by atoms with Gasteiger partial charge in [0.25, 0.3) is 0 Å². The zero-order chi connectivity index (χ0) is 14.0. The highest BCUT2D eigenvalue weighted by atomic mass is 32.2. The molecule has 1 atom stereocenters. The standard InChI is InChI=1S/C18H30S2/c1-2-3-4-5-6-7-8-9-10-11-12-17-13-16-14-19-15-18(16)20-17/h14-15,17H,2-13H2,1H3. The molecule has 0 saturated carbocycles. The predicted octanol–water partition coefficient (Wildman–Crippen LogP) is 7.08. The summed E-state index contributed by atoms with van der Waals surface area (Å²) < 4.78 is 0. The quantitative estimate of drug-likeness (QED) is 0.394. The Bertz CT molecular complexity index is 336. The van der Waals surface area contributed by atoms with Gasteiger partial charge in [0.1, 0.15) is 0 Å². The summed E-state index contributed by atoms with van der Waals surface area (Å²) >= 11 is 4.00. The van der Waals surface area contributed by atoms with Gasteiger partial charge >= 0.3 is 0 Å². The average molecular weight is 311 g/mol. The number of thioether (sulfide) groups is 1. The molecule has 0 radical (unpaired) electrons. The lowest BCUT2D eigenvalue weighted by molar-refractivity contribution is 0.547. The summed E-state index contributed by atoms with van der Waals surface area (Å²) in [6, 6.07) is 0. The molecule has 1 unspecified atom stereocenters. The maximum atomic E-state index is 2.35. The van der Waals surface area contributed by atoms with Gasteiger partial charge in [0.05, 0.1) is 0 Å². The molecule has 0 bridgehead atoms. The molecular formula is C18H30S2. The SMILES string of the molecule is CCCCCCCCCCCCC1Cc2cscc2S1. The van der Waals surface area contributed by atoms with Gasteiger partial charge in [-0.15, -0.1) is 11.8 Å². The van der Waals surface area contributed by atoms with E-state index in [2.05, 4.69) is 29.4 Å². The third-order valence-electron chi connectivity index (χ3n) is 4.32. The molecule has 0 aliphatic carbocycles. The molecule has 20 heavy (non-hydrogen) atoms. The molecule has 1 aromatic rings. The van der Waals surface area contributed by atoms with Gasteiger partial charge in [-0.1, -0.05) is 71.1 Å². The molecule has 114 valence electrons. The van der Waals surface area contributed by atoms with Gasteiger partial charge in [0.15, 0.2) is 0 Å². The smallest absolute Gasteiger partial charge is 0.0214 e. The van der Waals surface area contributed by atoms with E-state index < -0.39 is 0 Å². The lowest BCUT2D eigenvalue weighted by Gasteiger charge is -2.08. The zero-order valence-corrected chi connectivity index (χ0v) is 14.7. The summed E-state index contributed by atoms with van der Waals surface area (Å²) in [4.78, 5) is 1.58. The summed E-state index contributed by atoms with van der Waals surface area (Å²) in [7, 11) is 0. The maximum absolute atomic E-state index is 2.35. The van der Waals surface area contributed by atoms with Gasteiger partial charge in [-0.05, 0) is 23.8 Å². The van der Waals surface area contributed by atoms with Crippen LogP contribution in [-0.2, 0) is 6.42 Å². The fourth-order valence-corrected chi connectivity index (χ4v) is 5.44. The van der Waals surface area contributed by atoms with Crippen LogP contribution in [0.4, 0.5) is 0 Å². The predicted molar refractivity (Wildman–Crippen MR) is 94.1 cm³/mol. The number of hydrogen-bond acceptors (Lipinski definition) is 2. The van der Waals surface area contributed by atoms with Crippen molar-refractivity contribution < 1.29 is 0 Å². The monoisotopic (exact) mass is 310 g/mol. The van der Waals surface area contributed by atoms with Crippen LogP contribution in [0.25, 0.3) is 0 Å². The van der Waals surface area contributed by atoms with E-state index in [0.717, 1.165) is 5.25 Å². The van der Waals surface area contributed by atoms with E-state index in [9.17, 15) is 0 Å². The van der Waals surface area contributed by atoms with E-state index in [-0.39, 0.29) is 0 Å². The van der Waals surface area contributed by atoms with E-state index in [0.29, 0.717) is 0 Å². The van der Waals surface area contributed by atoms with E-state index in [4.69, 9.17) is 0 Å². The van der Waals surface area contributed by atoms with Gasteiger partial charge in [0, 0.05) is 15.5 Å². The minimum atomic E-state index is 0.891. The number of hydrogen-bond donors (Lipinski definition) is 0. The fraction of sp³-hybridized carbons (Fsp3) is 0.778. The highest BCUT2D eigenvalue weighted by molar-refractivity contribution is 8.00. The van der Waals surface area contributed by atoms with Crippen molar-refractivity contribution >= 4 is 23.1 Å². The molecule has 0 amide bonds. The Morgan fingerprint density at radius 1 is 0.900 bits per heavy atom. The summed E-state index contributed by atoms with van der Waals surface area (Å²) in [5, 5.41) is 5.57. The van der Waals surface area contributed by atoms with Crippen LogP contribution < -0.4 is 0 Å². The Morgan fingerprint density at radius 3 is 2.20 bits per heavy atom. The van der Waals surface area contributed by atoms with Crippen molar-refractivity contribution in [2.75, 3.05) is 0 Å². The minimum Gasteiger partial charge on any atom is -0.151 e. The molecule has 0 nitrogen and oxygen atoms in total. The lowest BCUT2D eigenvalue weighted by atomic mass is 10.0. The van der Waals surface area contributed by atoms with Crippen LogP contribution in [0.2, 0.25) is 0 Å². The molecule has 1 aromatic heterocycles. The molecule has 2 heterocycles. The largest absolute Gasteiger partial charge is 0.151 e. The van der Waals surface area contributed by atoms with Crippen molar-refractivity contribution in [3.8, 4) is 0 Å². The van der Waals surface area contributed by atoms with Crippen LogP contribution >= 0.6 is 23.1 Å². The molecule has 2 rings (SSSR count). The highest BCUT2D eigenvalue weighted by Crippen LogP contribution is 2.41. The van der Waals surface area contributed by atoms with Crippen molar-refractivity contribution in [3.63, 3.8) is 0 Å². The first-order valence-electron chi connectivity index (χ1n) is 8.62. The summed E-state index contributed by atoms with van der Waals surface area (Å²) in [5.41, 5.74) is 1.62. The third kappa shape index (κ3) is 5.81. The summed E-state index contributed by atoms with van der Waals surface area (Å²) in [5.74, 6) is 0. The molecule has 1 aliphatic heterocycles. The van der Waals surface area contributed by atoms with Gasteiger partial charge in [-0.3, -0.25) is 0 Å². The second-order valence-corrected chi connectivity index (χ2v) is 8.26. The van der Waals surface area contributed by atoms with Crippen molar-refractivity contribution in [3.05, 3.63) is 16.3 Å². The van der Waals surface area contributed by atoms with Crippen molar-refractivity contribution in [2.24, 2.45) is 0 Å². The molecule has 0 fully saturated rings. The Labute approximate surface area is 133 Å². The van der Waals surface area contributed by atoms with Gasteiger partial charge in [0.2, 0.25) is 0 Å². The third-order valence-corrected chi connectivity index (χ3v) is 6.63. The lowest BCUT2D eigenvalue weighted by Crippen LogP contribution is -2.00. The van der Waals surface area contributed by atoms with E-state index >= 15 is 0 Å². The zero-order valence-electron chi connectivity index (χ0n) is 13.0. The minimum absolute atomic E-state index is 0.891. The Kier molecular flexibility index (Phi) is 8.12. The molecule has 0 N–H and O–H groups in total. The fourth-order valence-electron chi connectivity index (χ4n) is 3.05. The van der Waals surface area contributed by atoms with Crippen LogP contribution in [0.5, 0.6) is 0 Å². The molecule has 1 aliphatic rings.